The van der Waals surface area contributed by atoms with E-state index >= 15 is 0 Å². The molecule has 1 fully saturated rings. The molecule has 5 nitrogen and oxygen atoms in total. The molecule has 1 aromatic rings. The lowest BCUT2D eigenvalue weighted by molar-refractivity contribution is -0.138. The van der Waals surface area contributed by atoms with Crippen molar-refractivity contribution >= 4 is 22.6 Å². The fourth-order valence-corrected chi connectivity index (χ4v) is 2.69. The molecule has 0 saturated heterocycles. The molecule has 1 aliphatic carbocycles. The van der Waals surface area contributed by atoms with Crippen LogP contribution < -0.4 is 5.32 Å². The number of anilines is 1. The Balaban J connectivity index is 2.09. The van der Waals surface area contributed by atoms with Crippen molar-refractivity contribution < 1.29 is 9.90 Å². The van der Waals surface area contributed by atoms with Gasteiger partial charge in [0.25, 0.3) is 0 Å². The van der Waals surface area contributed by atoms with Crippen LogP contribution in [0.4, 0.5) is 5.13 Å². The van der Waals surface area contributed by atoms with Gasteiger partial charge < -0.3 is 10.4 Å². The Labute approximate surface area is 91.7 Å². The first-order chi connectivity index (χ1) is 7.20. The molecule has 2 rings (SSSR count). The minimum absolute atomic E-state index is 0.159. The van der Waals surface area contributed by atoms with E-state index in [2.05, 4.69) is 14.7 Å². The molecule has 1 aliphatic rings. The van der Waals surface area contributed by atoms with Gasteiger partial charge in [0.15, 0.2) is 0 Å². The van der Waals surface area contributed by atoms with Crippen LogP contribution in [0.2, 0.25) is 0 Å². The number of carbonyl (C=O) groups is 1. The van der Waals surface area contributed by atoms with Crippen LogP contribution in [0.25, 0.3) is 0 Å². The molecule has 0 unspecified atom stereocenters. The lowest BCUT2D eigenvalue weighted by Crippen LogP contribution is -2.37. The van der Waals surface area contributed by atoms with Gasteiger partial charge in [-0.05, 0) is 12.8 Å². The normalized spacial score (nSPS) is 18.9. The first-order valence-electron chi connectivity index (χ1n) is 4.97. The average Bonchev–Trinajstić information content (AvgIpc) is 2.76. The van der Waals surface area contributed by atoms with Crippen LogP contribution in [0.3, 0.4) is 0 Å². The predicted molar refractivity (Wildman–Crippen MR) is 57.0 cm³/mol. The molecular weight excluding hydrogens is 214 g/mol. The number of aliphatic carboxylic acids is 1. The number of nitrogens with zero attached hydrogens (tertiary/aromatic N) is 2. The summed E-state index contributed by atoms with van der Waals surface area (Å²) in [6.45, 7) is 0. The molecule has 0 amide bonds. The molecule has 0 bridgehead atoms. The first-order valence-corrected chi connectivity index (χ1v) is 5.74. The van der Waals surface area contributed by atoms with Gasteiger partial charge in [0.2, 0.25) is 5.13 Å². The van der Waals surface area contributed by atoms with Crippen molar-refractivity contribution in [3.8, 4) is 0 Å². The fourth-order valence-electron chi connectivity index (χ4n) is 2.14. The molecule has 1 saturated carbocycles. The minimum atomic E-state index is -0.756. The molecule has 6 heteroatoms. The Bertz CT molecular complexity index is 333. The van der Waals surface area contributed by atoms with Crippen molar-refractivity contribution in [1.82, 2.24) is 9.36 Å². The summed E-state index contributed by atoms with van der Waals surface area (Å²) in [5, 5.41) is 12.8. The zero-order chi connectivity index (χ0) is 10.7. The van der Waals surface area contributed by atoms with Crippen molar-refractivity contribution in [2.45, 2.75) is 37.6 Å². The summed E-state index contributed by atoms with van der Waals surface area (Å²) in [5.74, 6) is -0.756. The SMILES string of the molecule is O=C(O)CC1(Nc2ncns2)CCCC1. The summed E-state index contributed by atoms with van der Waals surface area (Å²) < 4.78 is 3.90. The van der Waals surface area contributed by atoms with Crippen LogP contribution >= 0.6 is 11.5 Å². The van der Waals surface area contributed by atoms with Gasteiger partial charge in [-0.1, -0.05) is 12.8 Å². The molecule has 82 valence electrons. The maximum Gasteiger partial charge on any atom is 0.305 e. The molecule has 0 atom stereocenters. The summed E-state index contributed by atoms with van der Waals surface area (Å²) in [6, 6.07) is 0. The van der Waals surface area contributed by atoms with Crippen LogP contribution in [0, 0.1) is 0 Å². The molecule has 0 aromatic carbocycles. The van der Waals surface area contributed by atoms with Crippen molar-refractivity contribution in [3.63, 3.8) is 0 Å². The van der Waals surface area contributed by atoms with E-state index in [1.54, 1.807) is 0 Å². The van der Waals surface area contributed by atoms with Gasteiger partial charge in [0.1, 0.15) is 6.33 Å². The summed E-state index contributed by atoms with van der Waals surface area (Å²) in [6.07, 6.45) is 5.61. The number of nitrogens with one attached hydrogen (secondary N) is 1. The minimum Gasteiger partial charge on any atom is -0.481 e. The number of carboxylic acid groups (broad SMARTS) is 1. The molecule has 0 spiro atoms. The Morgan fingerprint density at radius 3 is 2.87 bits per heavy atom. The number of rotatable bonds is 4. The monoisotopic (exact) mass is 227 g/mol. The predicted octanol–water partition coefficient (Wildman–Crippen LogP) is 1.74. The number of carboxylic acids is 1. The molecular formula is C9H13N3O2S. The van der Waals surface area contributed by atoms with Gasteiger partial charge in [-0.2, -0.15) is 4.37 Å². The van der Waals surface area contributed by atoms with E-state index in [1.807, 2.05) is 0 Å². The van der Waals surface area contributed by atoms with Crippen LogP contribution in [0.1, 0.15) is 32.1 Å². The molecule has 0 aliphatic heterocycles. The average molecular weight is 227 g/mol. The quantitative estimate of drug-likeness (QED) is 0.819. The van der Waals surface area contributed by atoms with Gasteiger partial charge >= 0.3 is 5.97 Å². The highest BCUT2D eigenvalue weighted by Crippen LogP contribution is 2.35. The van der Waals surface area contributed by atoms with Crippen molar-refractivity contribution in [2.75, 3.05) is 5.32 Å². The molecule has 1 heterocycles. The summed E-state index contributed by atoms with van der Waals surface area (Å²) in [5.41, 5.74) is -0.300. The molecule has 0 radical (unpaired) electrons. The Morgan fingerprint density at radius 2 is 2.33 bits per heavy atom. The van der Waals surface area contributed by atoms with Crippen LogP contribution in [0.15, 0.2) is 6.33 Å². The van der Waals surface area contributed by atoms with Gasteiger partial charge in [-0.25, -0.2) is 4.98 Å². The van der Waals surface area contributed by atoms with Crippen molar-refractivity contribution in [2.24, 2.45) is 0 Å². The zero-order valence-electron chi connectivity index (χ0n) is 8.27. The van der Waals surface area contributed by atoms with E-state index in [0.29, 0.717) is 0 Å². The van der Waals surface area contributed by atoms with Crippen LogP contribution in [-0.4, -0.2) is 26.0 Å². The topological polar surface area (TPSA) is 75.1 Å². The van der Waals surface area contributed by atoms with E-state index in [-0.39, 0.29) is 12.0 Å². The third-order valence-corrected chi connectivity index (χ3v) is 3.36. The third-order valence-electron chi connectivity index (χ3n) is 2.78. The Morgan fingerprint density at radius 1 is 1.60 bits per heavy atom. The molecule has 2 N–H and O–H groups in total. The zero-order valence-corrected chi connectivity index (χ0v) is 9.09. The van der Waals surface area contributed by atoms with E-state index < -0.39 is 5.97 Å². The van der Waals surface area contributed by atoms with Crippen molar-refractivity contribution in [3.05, 3.63) is 6.33 Å². The second-order valence-electron chi connectivity index (χ2n) is 3.93. The Kier molecular flexibility index (Phi) is 2.86. The van der Waals surface area contributed by atoms with Gasteiger partial charge in [-0.3, -0.25) is 4.79 Å². The van der Waals surface area contributed by atoms with E-state index in [9.17, 15) is 4.79 Å². The smallest absolute Gasteiger partial charge is 0.305 e. The van der Waals surface area contributed by atoms with Crippen LogP contribution in [0.5, 0.6) is 0 Å². The number of hydrogen-bond donors (Lipinski definition) is 2. The van der Waals surface area contributed by atoms with E-state index in [4.69, 9.17) is 5.11 Å². The Hall–Kier alpha value is -1.17. The second-order valence-corrected chi connectivity index (χ2v) is 4.71. The van der Waals surface area contributed by atoms with Crippen LogP contribution in [-0.2, 0) is 4.79 Å². The fraction of sp³-hybridized carbons (Fsp3) is 0.667. The van der Waals surface area contributed by atoms with Gasteiger partial charge in [0, 0.05) is 11.5 Å². The third kappa shape index (κ3) is 2.44. The lowest BCUT2D eigenvalue weighted by Gasteiger charge is -2.27. The standard InChI is InChI=1S/C9H13N3O2S/c13-7(14)5-9(3-1-2-4-9)12-8-10-6-11-15-8/h6H,1-5H2,(H,13,14)(H,10,11,12). The maximum absolute atomic E-state index is 10.8. The summed E-state index contributed by atoms with van der Waals surface area (Å²) in [7, 11) is 0. The highest BCUT2D eigenvalue weighted by Gasteiger charge is 2.36. The van der Waals surface area contributed by atoms with Gasteiger partial charge in [0.05, 0.1) is 12.0 Å². The highest BCUT2D eigenvalue weighted by molar-refractivity contribution is 7.09. The van der Waals surface area contributed by atoms with E-state index in [1.165, 1.54) is 17.9 Å². The highest BCUT2D eigenvalue weighted by atomic mass is 32.1. The molecule has 1 aromatic heterocycles. The largest absolute Gasteiger partial charge is 0.481 e. The first kappa shape index (κ1) is 10.4. The maximum atomic E-state index is 10.8. The molecule has 15 heavy (non-hydrogen) atoms. The van der Waals surface area contributed by atoms with E-state index in [0.717, 1.165) is 30.8 Å². The summed E-state index contributed by atoms with van der Waals surface area (Å²) >= 11 is 1.27. The number of hydrogen-bond acceptors (Lipinski definition) is 5. The number of aromatic nitrogens is 2. The second kappa shape index (κ2) is 4.14. The summed E-state index contributed by atoms with van der Waals surface area (Å²) in [4.78, 5) is 14.9. The lowest BCUT2D eigenvalue weighted by atomic mass is 9.93. The van der Waals surface area contributed by atoms with Gasteiger partial charge in [-0.15, -0.1) is 0 Å². The van der Waals surface area contributed by atoms with Crippen molar-refractivity contribution in [1.29, 1.82) is 0 Å².